The van der Waals surface area contributed by atoms with Crippen molar-refractivity contribution in [3.63, 3.8) is 0 Å². The molecule has 0 radical (unpaired) electrons. The van der Waals surface area contributed by atoms with Gasteiger partial charge in [0.25, 0.3) is 0 Å². The third kappa shape index (κ3) is 2.42. The molecule has 1 aliphatic heterocycles. The summed E-state index contributed by atoms with van der Waals surface area (Å²) in [5, 5.41) is 8.28. The first-order valence-corrected chi connectivity index (χ1v) is 5.61. The van der Waals surface area contributed by atoms with Gasteiger partial charge in [-0.05, 0) is 26.7 Å². The molecule has 0 saturated carbocycles. The maximum atomic E-state index is 5.65. The summed E-state index contributed by atoms with van der Waals surface area (Å²) in [4.78, 5) is 0. The Morgan fingerprint density at radius 1 is 1.64 bits per heavy atom. The van der Waals surface area contributed by atoms with E-state index in [4.69, 9.17) is 4.74 Å². The summed E-state index contributed by atoms with van der Waals surface area (Å²) in [6.45, 7) is 5.09. The molecule has 1 aromatic rings. The Bertz CT molecular complexity index is 286. The van der Waals surface area contributed by atoms with E-state index < -0.39 is 0 Å². The minimum atomic E-state index is -0.00592. The Morgan fingerprint density at radius 2 is 2.50 bits per heavy atom. The molecule has 1 unspecified atom stereocenters. The lowest BCUT2D eigenvalue weighted by molar-refractivity contribution is -0.0552. The number of nitrogens with zero attached hydrogens (tertiary/aromatic N) is 2. The first-order chi connectivity index (χ1) is 6.66. The molecule has 5 heteroatoms. The van der Waals surface area contributed by atoms with Gasteiger partial charge in [-0.3, -0.25) is 0 Å². The van der Waals surface area contributed by atoms with Gasteiger partial charge in [0.05, 0.1) is 11.8 Å². The number of nitrogens with one attached hydrogen (secondary N) is 1. The van der Waals surface area contributed by atoms with E-state index >= 15 is 0 Å². The van der Waals surface area contributed by atoms with Gasteiger partial charge in [0.15, 0.2) is 0 Å². The first kappa shape index (κ1) is 9.86. The molecule has 0 bridgehead atoms. The summed E-state index contributed by atoms with van der Waals surface area (Å²) >= 11 is 1.40. The van der Waals surface area contributed by atoms with Crippen LogP contribution in [-0.4, -0.2) is 27.8 Å². The van der Waals surface area contributed by atoms with E-state index in [2.05, 4.69) is 28.8 Å². The molecular formula is C9H15N3OS. The van der Waals surface area contributed by atoms with E-state index in [9.17, 15) is 0 Å². The zero-order chi connectivity index (χ0) is 10.0. The molecule has 4 nitrogen and oxygen atoms in total. The van der Waals surface area contributed by atoms with Crippen molar-refractivity contribution in [2.45, 2.75) is 38.3 Å². The molecule has 78 valence electrons. The lowest BCUT2D eigenvalue weighted by atomic mass is 9.94. The second kappa shape index (κ2) is 3.82. The average molecular weight is 213 g/mol. The van der Waals surface area contributed by atoms with Gasteiger partial charge < -0.3 is 10.1 Å². The molecule has 0 spiro atoms. The quantitative estimate of drug-likeness (QED) is 0.815. The van der Waals surface area contributed by atoms with Gasteiger partial charge >= 0.3 is 0 Å². The van der Waals surface area contributed by atoms with Crippen LogP contribution < -0.4 is 5.32 Å². The zero-order valence-electron chi connectivity index (χ0n) is 8.49. The smallest absolute Gasteiger partial charge is 0.130 e. The molecule has 14 heavy (non-hydrogen) atoms. The lowest BCUT2D eigenvalue weighted by Crippen LogP contribution is -2.39. The van der Waals surface area contributed by atoms with E-state index in [1.54, 1.807) is 6.20 Å². The van der Waals surface area contributed by atoms with Crippen LogP contribution >= 0.6 is 11.5 Å². The predicted molar refractivity (Wildman–Crippen MR) is 56.6 cm³/mol. The molecule has 1 aliphatic rings. The van der Waals surface area contributed by atoms with Crippen molar-refractivity contribution in [1.82, 2.24) is 9.59 Å². The van der Waals surface area contributed by atoms with Crippen LogP contribution in [0.5, 0.6) is 0 Å². The van der Waals surface area contributed by atoms with Crippen LogP contribution in [0.3, 0.4) is 0 Å². The minimum Gasteiger partial charge on any atom is -0.375 e. The largest absolute Gasteiger partial charge is 0.375 e. The van der Waals surface area contributed by atoms with Crippen molar-refractivity contribution < 1.29 is 4.74 Å². The van der Waals surface area contributed by atoms with Crippen molar-refractivity contribution in [3.8, 4) is 0 Å². The van der Waals surface area contributed by atoms with Gasteiger partial charge in [-0.1, -0.05) is 4.49 Å². The fourth-order valence-electron chi connectivity index (χ4n) is 1.79. The number of ether oxygens (including phenoxy) is 1. The van der Waals surface area contributed by atoms with Crippen molar-refractivity contribution in [3.05, 3.63) is 6.20 Å². The number of anilines is 1. The average Bonchev–Trinajstić information content (AvgIpc) is 2.54. The number of hydrogen-bond acceptors (Lipinski definition) is 5. The van der Waals surface area contributed by atoms with E-state index in [1.165, 1.54) is 11.5 Å². The fourth-order valence-corrected chi connectivity index (χ4v) is 2.28. The van der Waals surface area contributed by atoms with Gasteiger partial charge in [-0.15, -0.1) is 5.10 Å². The molecule has 1 aromatic heterocycles. The van der Waals surface area contributed by atoms with E-state index in [1.807, 2.05) is 0 Å². The predicted octanol–water partition coefficient (Wildman–Crippen LogP) is 1.91. The van der Waals surface area contributed by atoms with Crippen LogP contribution in [-0.2, 0) is 4.74 Å². The SMILES string of the molecule is CC1(C)CC(Nc2cnns2)CCO1. The normalized spacial score (nSPS) is 26.0. The topological polar surface area (TPSA) is 47.0 Å². The van der Waals surface area contributed by atoms with Crippen molar-refractivity contribution in [2.24, 2.45) is 0 Å². The summed E-state index contributed by atoms with van der Waals surface area (Å²) in [5.41, 5.74) is -0.00592. The first-order valence-electron chi connectivity index (χ1n) is 4.84. The maximum Gasteiger partial charge on any atom is 0.130 e. The van der Waals surface area contributed by atoms with Gasteiger partial charge in [-0.25, -0.2) is 0 Å². The van der Waals surface area contributed by atoms with Crippen LogP contribution in [0.1, 0.15) is 26.7 Å². The minimum absolute atomic E-state index is 0.00592. The molecule has 0 aliphatic carbocycles. The maximum absolute atomic E-state index is 5.65. The van der Waals surface area contributed by atoms with Crippen LogP contribution in [0.2, 0.25) is 0 Å². The molecule has 2 heterocycles. The zero-order valence-corrected chi connectivity index (χ0v) is 9.30. The molecule has 2 rings (SSSR count). The Hall–Kier alpha value is -0.680. The summed E-state index contributed by atoms with van der Waals surface area (Å²) < 4.78 is 9.47. The standard InChI is InChI=1S/C9H15N3OS/c1-9(2)5-7(3-4-13-9)11-8-6-10-12-14-8/h6-7,11H,3-5H2,1-2H3. The monoisotopic (exact) mass is 213 g/mol. The summed E-state index contributed by atoms with van der Waals surface area (Å²) in [6, 6.07) is 0.487. The fraction of sp³-hybridized carbons (Fsp3) is 0.778. The highest BCUT2D eigenvalue weighted by Gasteiger charge is 2.28. The number of rotatable bonds is 2. The highest BCUT2D eigenvalue weighted by atomic mass is 32.1. The highest BCUT2D eigenvalue weighted by molar-refractivity contribution is 7.09. The van der Waals surface area contributed by atoms with Crippen molar-refractivity contribution in [2.75, 3.05) is 11.9 Å². The van der Waals surface area contributed by atoms with Crippen molar-refractivity contribution in [1.29, 1.82) is 0 Å². The molecule has 0 aromatic carbocycles. The number of hydrogen-bond donors (Lipinski definition) is 1. The lowest BCUT2D eigenvalue weighted by Gasteiger charge is -2.35. The Kier molecular flexibility index (Phi) is 2.69. The van der Waals surface area contributed by atoms with Gasteiger partial charge in [0.2, 0.25) is 0 Å². The summed E-state index contributed by atoms with van der Waals surface area (Å²) in [6.07, 6.45) is 3.86. The Labute approximate surface area is 87.8 Å². The van der Waals surface area contributed by atoms with Gasteiger partial charge in [0, 0.05) is 24.2 Å². The van der Waals surface area contributed by atoms with E-state index in [-0.39, 0.29) is 5.60 Å². The molecule has 1 atom stereocenters. The molecule has 0 amide bonds. The molecule has 1 N–H and O–H groups in total. The molecule has 1 fully saturated rings. The Balaban J connectivity index is 1.92. The van der Waals surface area contributed by atoms with Crippen LogP contribution in [0.4, 0.5) is 5.00 Å². The third-order valence-corrected chi connectivity index (χ3v) is 3.00. The van der Waals surface area contributed by atoms with Crippen LogP contribution in [0, 0.1) is 0 Å². The molecular weight excluding hydrogens is 198 g/mol. The summed E-state index contributed by atoms with van der Waals surface area (Å²) in [5.74, 6) is 0. The van der Waals surface area contributed by atoms with Gasteiger partial charge in [-0.2, -0.15) is 0 Å². The van der Waals surface area contributed by atoms with Gasteiger partial charge in [0.1, 0.15) is 5.00 Å². The third-order valence-electron chi connectivity index (χ3n) is 2.40. The van der Waals surface area contributed by atoms with Crippen molar-refractivity contribution >= 4 is 16.5 Å². The van der Waals surface area contributed by atoms with E-state index in [0.717, 1.165) is 24.4 Å². The highest BCUT2D eigenvalue weighted by Crippen LogP contribution is 2.26. The van der Waals surface area contributed by atoms with Crippen LogP contribution in [0.25, 0.3) is 0 Å². The Morgan fingerprint density at radius 3 is 3.14 bits per heavy atom. The van der Waals surface area contributed by atoms with Crippen LogP contribution in [0.15, 0.2) is 6.20 Å². The number of aromatic nitrogens is 2. The second-order valence-corrected chi connectivity index (χ2v) is 5.01. The second-order valence-electron chi connectivity index (χ2n) is 4.22. The summed E-state index contributed by atoms with van der Waals surface area (Å²) in [7, 11) is 0. The molecule has 1 saturated heterocycles. The van der Waals surface area contributed by atoms with E-state index in [0.29, 0.717) is 6.04 Å².